The smallest absolute Gasteiger partial charge is 0.282 e. The van der Waals surface area contributed by atoms with Gasteiger partial charge in [0.05, 0.1) is 19.9 Å². The second-order valence-corrected chi connectivity index (χ2v) is 7.38. The molecule has 0 N–H and O–H groups in total. The summed E-state index contributed by atoms with van der Waals surface area (Å²) in [6, 6.07) is 22.6. The summed E-state index contributed by atoms with van der Waals surface area (Å²) in [7, 11) is 3.21. The first-order valence-corrected chi connectivity index (χ1v) is 10.1. The van der Waals surface area contributed by atoms with Crippen LogP contribution in [0.2, 0.25) is 0 Å². The molecular weight excluding hydrogens is 444 g/mol. The van der Waals surface area contributed by atoms with Crippen LogP contribution >= 0.6 is 15.9 Å². The van der Waals surface area contributed by atoms with E-state index in [1.165, 1.54) is 0 Å². The highest BCUT2D eigenvalue weighted by Gasteiger charge is 2.33. The predicted molar refractivity (Wildman–Crippen MR) is 122 cm³/mol. The van der Waals surface area contributed by atoms with Crippen molar-refractivity contribution in [3.05, 3.63) is 94.1 Å². The van der Waals surface area contributed by atoms with Crippen LogP contribution in [0.3, 0.4) is 0 Å². The van der Waals surface area contributed by atoms with E-state index >= 15 is 0 Å². The summed E-state index contributed by atoms with van der Waals surface area (Å²) in [4.78, 5) is 19.7. The van der Waals surface area contributed by atoms with E-state index < -0.39 is 0 Å². The Balaban J connectivity index is 1.85. The zero-order chi connectivity index (χ0) is 21.1. The van der Waals surface area contributed by atoms with Crippen molar-refractivity contribution in [2.75, 3.05) is 19.1 Å². The largest absolute Gasteiger partial charge is 0.497 e. The monoisotopic (exact) mass is 462 g/mol. The fourth-order valence-corrected chi connectivity index (χ4v) is 3.71. The number of hydrogen-bond donors (Lipinski definition) is 0. The third kappa shape index (κ3) is 3.74. The van der Waals surface area contributed by atoms with E-state index in [4.69, 9.17) is 14.5 Å². The van der Waals surface area contributed by atoms with Gasteiger partial charge in [-0.3, -0.25) is 9.69 Å². The van der Waals surface area contributed by atoms with Gasteiger partial charge in [-0.2, -0.15) is 0 Å². The first-order valence-electron chi connectivity index (χ1n) is 9.29. The highest BCUT2D eigenvalue weighted by Crippen LogP contribution is 2.32. The highest BCUT2D eigenvalue weighted by molar-refractivity contribution is 9.10. The van der Waals surface area contributed by atoms with Crippen molar-refractivity contribution in [2.45, 2.75) is 0 Å². The van der Waals surface area contributed by atoms with Crippen molar-refractivity contribution in [3.63, 3.8) is 0 Å². The minimum absolute atomic E-state index is 0.211. The number of anilines is 1. The first-order chi connectivity index (χ1) is 14.6. The fraction of sp³-hybridized carbons (Fsp3) is 0.0833. The number of halogens is 1. The van der Waals surface area contributed by atoms with Crippen LogP contribution in [0.15, 0.2) is 88.0 Å². The molecule has 0 spiro atoms. The van der Waals surface area contributed by atoms with Crippen molar-refractivity contribution in [3.8, 4) is 11.5 Å². The van der Waals surface area contributed by atoms with Gasteiger partial charge < -0.3 is 9.47 Å². The van der Waals surface area contributed by atoms with Crippen LogP contribution in [0.25, 0.3) is 6.08 Å². The predicted octanol–water partition coefficient (Wildman–Crippen LogP) is 5.30. The number of ether oxygens (including phenoxy) is 2. The fourth-order valence-electron chi connectivity index (χ4n) is 3.24. The summed E-state index contributed by atoms with van der Waals surface area (Å²) in [6.45, 7) is 0. The molecule has 0 unspecified atom stereocenters. The number of amidine groups is 1. The van der Waals surface area contributed by atoms with Gasteiger partial charge in [0.25, 0.3) is 5.91 Å². The minimum Gasteiger partial charge on any atom is -0.497 e. The summed E-state index contributed by atoms with van der Waals surface area (Å²) in [5.74, 6) is 1.74. The molecule has 1 heterocycles. The van der Waals surface area contributed by atoms with Gasteiger partial charge in [0, 0.05) is 15.6 Å². The van der Waals surface area contributed by atoms with Gasteiger partial charge >= 0.3 is 0 Å². The lowest BCUT2D eigenvalue weighted by Gasteiger charge is -2.19. The lowest BCUT2D eigenvalue weighted by atomic mass is 10.1. The molecule has 3 aromatic carbocycles. The molecule has 4 rings (SSSR count). The Kier molecular flexibility index (Phi) is 5.68. The van der Waals surface area contributed by atoms with E-state index in [9.17, 15) is 4.79 Å². The number of amides is 1. The number of para-hydroxylation sites is 1. The normalized spacial score (nSPS) is 14.8. The third-order valence-corrected chi connectivity index (χ3v) is 5.43. The number of methoxy groups -OCH3 is 2. The maximum Gasteiger partial charge on any atom is 0.282 e. The number of hydrogen-bond acceptors (Lipinski definition) is 4. The van der Waals surface area contributed by atoms with Crippen LogP contribution < -0.4 is 14.4 Å². The quantitative estimate of drug-likeness (QED) is 0.483. The van der Waals surface area contributed by atoms with Crippen LogP contribution in [-0.2, 0) is 4.79 Å². The maximum atomic E-state index is 13.4. The lowest BCUT2D eigenvalue weighted by molar-refractivity contribution is -0.113. The summed E-state index contributed by atoms with van der Waals surface area (Å²) < 4.78 is 11.5. The number of carbonyl (C=O) groups excluding carboxylic acids is 1. The lowest BCUT2D eigenvalue weighted by Crippen LogP contribution is -2.32. The average molecular weight is 463 g/mol. The Labute approximate surface area is 183 Å². The van der Waals surface area contributed by atoms with Crippen LogP contribution in [0.1, 0.15) is 11.1 Å². The Morgan fingerprint density at radius 1 is 0.900 bits per heavy atom. The average Bonchev–Trinajstić information content (AvgIpc) is 3.10. The third-order valence-electron chi connectivity index (χ3n) is 4.74. The maximum absolute atomic E-state index is 13.4. The molecule has 0 saturated heterocycles. The SMILES string of the molecule is COc1ccc(N2C(=O)/C(=C\c3ccccc3OC)N=C2c2ccccc2Br)cc1. The van der Waals surface area contributed by atoms with Gasteiger partial charge in [0.15, 0.2) is 0 Å². The Bertz CT molecular complexity index is 1150. The van der Waals surface area contributed by atoms with Crippen LogP contribution in [0.5, 0.6) is 11.5 Å². The van der Waals surface area contributed by atoms with Crippen LogP contribution in [0.4, 0.5) is 5.69 Å². The molecule has 1 aliphatic heterocycles. The zero-order valence-corrected chi connectivity index (χ0v) is 18.1. The van der Waals surface area contributed by atoms with Gasteiger partial charge in [-0.1, -0.05) is 52.3 Å². The van der Waals surface area contributed by atoms with E-state index in [-0.39, 0.29) is 5.91 Å². The summed E-state index contributed by atoms with van der Waals surface area (Å²) >= 11 is 3.58. The highest BCUT2D eigenvalue weighted by atomic mass is 79.9. The van der Waals surface area contributed by atoms with Gasteiger partial charge in [0.2, 0.25) is 0 Å². The zero-order valence-electron chi connectivity index (χ0n) is 16.5. The van der Waals surface area contributed by atoms with Crippen molar-refractivity contribution in [1.82, 2.24) is 0 Å². The van der Waals surface area contributed by atoms with Crippen LogP contribution in [0, 0.1) is 0 Å². The summed E-state index contributed by atoms with van der Waals surface area (Å²) in [6.07, 6.45) is 1.75. The minimum atomic E-state index is -0.211. The van der Waals surface area contributed by atoms with E-state index in [2.05, 4.69) is 15.9 Å². The molecule has 5 nitrogen and oxygen atoms in total. The van der Waals surface area contributed by atoms with Crippen LogP contribution in [-0.4, -0.2) is 26.0 Å². The van der Waals surface area contributed by atoms with E-state index in [0.29, 0.717) is 23.0 Å². The van der Waals surface area contributed by atoms with E-state index in [0.717, 1.165) is 21.3 Å². The standard InChI is InChI=1S/C24H19BrN2O3/c1-29-18-13-11-17(12-14-18)27-23(19-8-4-5-9-20(19)25)26-21(24(27)28)15-16-7-3-6-10-22(16)30-2/h3-15H,1-2H3/b21-15+. The molecule has 0 bridgehead atoms. The second-order valence-electron chi connectivity index (χ2n) is 6.53. The van der Waals surface area contributed by atoms with Crippen molar-refractivity contribution >= 4 is 39.4 Å². The first kappa shape index (κ1) is 19.9. The van der Waals surface area contributed by atoms with Crippen molar-refractivity contribution in [2.24, 2.45) is 4.99 Å². The van der Waals surface area contributed by atoms with E-state index in [1.807, 2.05) is 72.8 Å². The topological polar surface area (TPSA) is 51.1 Å². The molecule has 0 saturated carbocycles. The number of benzene rings is 3. The number of carbonyl (C=O) groups is 1. The molecule has 0 atom stereocenters. The molecule has 0 radical (unpaired) electrons. The summed E-state index contributed by atoms with van der Waals surface area (Å²) in [5, 5.41) is 0. The van der Waals surface area contributed by atoms with Crippen molar-refractivity contribution in [1.29, 1.82) is 0 Å². The van der Waals surface area contributed by atoms with Gasteiger partial charge in [0.1, 0.15) is 23.0 Å². The molecule has 0 aromatic heterocycles. The number of nitrogens with zero attached hydrogens (tertiary/aromatic N) is 2. The Hall–Kier alpha value is -3.38. The molecule has 30 heavy (non-hydrogen) atoms. The molecule has 0 fully saturated rings. The van der Waals surface area contributed by atoms with E-state index in [1.54, 1.807) is 25.2 Å². The molecule has 1 amide bonds. The second kappa shape index (κ2) is 8.55. The van der Waals surface area contributed by atoms with Gasteiger partial charge in [-0.15, -0.1) is 0 Å². The summed E-state index contributed by atoms with van der Waals surface area (Å²) in [5.41, 5.74) is 2.65. The van der Waals surface area contributed by atoms with Gasteiger partial charge in [-0.05, 0) is 42.5 Å². The molecule has 1 aliphatic rings. The Morgan fingerprint density at radius 2 is 1.60 bits per heavy atom. The van der Waals surface area contributed by atoms with Crippen molar-refractivity contribution < 1.29 is 14.3 Å². The Morgan fingerprint density at radius 3 is 2.30 bits per heavy atom. The molecule has 3 aromatic rings. The molecule has 150 valence electrons. The molecule has 6 heteroatoms. The van der Waals surface area contributed by atoms with Gasteiger partial charge in [-0.25, -0.2) is 4.99 Å². The molecular formula is C24H19BrN2O3. The number of aliphatic imine (C=N–C) groups is 1. The molecule has 0 aliphatic carbocycles. The number of rotatable bonds is 5.